The van der Waals surface area contributed by atoms with Crippen molar-refractivity contribution in [1.29, 1.82) is 0 Å². The molecule has 0 aliphatic heterocycles. The van der Waals surface area contributed by atoms with Gasteiger partial charge in [0.15, 0.2) is 0 Å². The van der Waals surface area contributed by atoms with E-state index >= 15 is 0 Å². The standard InChI is InChI=1S/C20H21F4N3O/c1-12(19(28)27-16-8-6-15(21)7-9-16)4-5-13(2)25-18-11-10-17(14(3)26-18)20(22,23)24/h6-12H,2,4-5H2,1,3H3,(H,25,26)(H,27,28). The fourth-order valence-corrected chi connectivity index (χ4v) is 2.49. The number of amides is 1. The number of hydrogen-bond donors (Lipinski definition) is 2. The van der Waals surface area contributed by atoms with E-state index in [0.717, 1.165) is 6.07 Å². The van der Waals surface area contributed by atoms with Gasteiger partial charge >= 0.3 is 6.18 Å². The molecule has 2 N–H and O–H groups in total. The summed E-state index contributed by atoms with van der Waals surface area (Å²) >= 11 is 0. The van der Waals surface area contributed by atoms with Crippen molar-refractivity contribution in [3.63, 3.8) is 0 Å². The fourth-order valence-electron chi connectivity index (χ4n) is 2.49. The molecule has 0 radical (unpaired) electrons. The molecule has 1 heterocycles. The Morgan fingerprint density at radius 1 is 1.14 bits per heavy atom. The summed E-state index contributed by atoms with van der Waals surface area (Å²) in [6.45, 7) is 6.86. The molecule has 2 aromatic rings. The van der Waals surface area contributed by atoms with E-state index in [1.54, 1.807) is 6.92 Å². The van der Waals surface area contributed by atoms with Crippen molar-refractivity contribution in [1.82, 2.24) is 4.98 Å². The van der Waals surface area contributed by atoms with Crippen LogP contribution in [0.1, 0.15) is 31.0 Å². The summed E-state index contributed by atoms with van der Waals surface area (Å²) in [7, 11) is 0. The van der Waals surface area contributed by atoms with E-state index in [1.165, 1.54) is 37.3 Å². The number of carbonyl (C=O) groups excluding carboxylic acids is 1. The van der Waals surface area contributed by atoms with Gasteiger partial charge in [-0.25, -0.2) is 9.37 Å². The number of allylic oxidation sites excluding steroid dienone is 1. The van der Waals surface area contributed by atoms with Crippen molar-refractivity contribution < 1.29 is 22.4 Å². The Morgan fingerprint density at radius 3 is 2.36 bits per heavy atom. The Morgan fingerprint density at radius 2 is 1.79 bits per heavy atom. The second-order valence-electron chi connectivity index (χ2n) is 6.49. The Labute approximate surface area is 160 Å². The Kier molecular flexibility index (Phi) is 6.77. The van der Waals surface area contributed by atoms with Gasteiger partial charge in [0.05, 0.1) is 11.3 Å². The highest BCUT2D eigenvalue weighted by Crippen LogP contribution is 2.31. The summed E-state index contributed by atoms with van der Waals surface area (Å²) in [5.74, 6) is -0.687. The van der Waals surface area contributed by atoms with E-state index in [4.69, 9.17) is 0 Å². The predicted octanol–water partition coefficient (Wildman–Crippen LogP) is 5.53. The van der Waals surface area contributed by atoms with E-state index in [-0.39, 0.29) is 29.2 Å². The number of benzene rings is 1. The first-order valence-electron chi connectivity index (χ1n) is 8.62. The third-order valence-corrected chi connectivity index (χ3v) is 4.13. The van der Waals surface area contributed by atoms with Crippen LogP contribution in [0.3, 0.4) is 0 Å². The number of hydrogen-bond acceptors (Lipinski definition) is 3. The van der Waals surface area contributed by atoms with Crippen LogP contribution in [0.5, 0.6) is 0 Å². The fraction of sp³-hybridized carbons (Fsp3) is 0.300. The minimum Gasteiger partial charge on any atom is -0.344 e. The smallest absolute Gasteiger partial charge is 0.344 e. The number of rotatable bonds is 7. The zero-order valence-corrected chi connectivity index (χ0v) is 15.5. The number of carbonyl (C=O) groups is 1. The van der Waals surface area contributed by atoms with Crippen molar-refractivity contribution in [2.45, 2.75) is 32.9 Å². The number of anilines is 2. The van der Waals surface area contributed by atoms with Crippen LogP contribution in [0, 0.1) is 18.7 Å². The van der Waals surface area contributed by atoms with Gasteiger partial charge in [-0.1, -0.05) is 13.5 Å². The molecule has 1 aromatic carbocycles. The minimum absolute atomic E-state index is 0.127. The number of pyridine rings is 1. The van der Waals surface area contributed by atoms with Crippen LogP contribution in [-0.2, 0) is 11.0 Å². The van der Waals surface area contributed by atoms with Gasteiger partial charge in [0.2, 0.25) is 5.91 Å². The van der Waals surface area contributed by atoms with Gasteiger partial charge in [-0.3, -0.25) is 4.79 Å². The average molecular weight is 395 g/mol. The topological polar surface area (TPSA) is 54.0 Å². The average Bonchev–Trinajstić information content (AvgIpc) is 2.60. The molecule has 0 saturated carbocycles. The van der Waals surface area contributed by atoms with Gasteiger partial charge in [-0.05, 0) is 56.2 Å². The summed E-state index contributed by atoms with van der Waals surface area (Å²) in [6.07, 6.45) is -3.54. The molecule has 0 aliphatic rings. The van der Waals surface area contributed by atoms with Crippen molar-refractivity contribution in [3.8, 4) is 0 Å². The number of halogens is 4. The molecule has 2 rings (SSSR count). The highest BCUT2D eigenvalue weighted by Gasteiger charge is 2.32. The van der Waals surface area contributed by atoms with Gasteiger partial charge in [0.1, 0.15) is 11.6 Å². The van der Waals surface area contributed by atoms with E-state index in [1.807, 2.05) is 0 Å². The highest BCUT2D eigenvalue weighted by atomic mass is 19.4. The van der Waals surface area contributed by atoms with Crippen LogP contribution >= 0.6 is 0 Å². The maximum absolute atomic E-state index is 12.9. The molecule has 0 saturated heterocycles. The highest BCUT2D eigenvalue weighted by molar-refractivity contribution is 5.92. The molecule has 0 bridgehead atoms. The molecule has 8 heteroatoms. The number of aryl methyl sites for hydroxylation is 1. The summed E-state index contributed by atoms with van der Waals surface area (Å²) in [5.41, 5.74) is 0.125. The van der Waals surface area contributed by atoms with E-state index in [9.17, 15) is 22.4 Å². The first kappa shape index (κ1) is 21.4. The molecule has 1 atom stereocenters. The molecular weight excluding hydrogens is 374 g/mol. The van der Waals surface area contributed by atoms with E-state index in [2.05, 4.69) is 22.2 Å². The molecule has 0 aliphatic carbocycles. The van der Waals surface area contributed by atoms with Crippen LogP contribution in [0.4, 0.5) is 29.1 Å². The molecule has 1 aromatic heterocycles. The van der Waals surface area contributed by atoms with Gasteiger partial charge in [-0.15, -0.1) is 0 Å². The van der Waals surface area contributed by atoms with Crippen LogP contribution in [0.2, 0.25) is 0 Å². The lowest BCUT2D eigenvalue weighted by Gasteiger charge is -2.15. The number of nitrogens with one attached hydrogen (secondary N) is 2. The zero-order chi connectivity index (χ0) is 20.9. The van der Waals surface area contributed by atoms with Crippen molar-refractivity contribution >= 4 is 17.4 Å². The van der Waals surface area contributed by atoms with Gasteiger partial charge < -0.3 is 10.6 Å². The summed E-state index contributed by atoms with van der Waals surface area (Å²) < 4.78 is 51.2. The summed E-state index contributed by atoms with van der Waals surface area (Å²) in [6, 6.07) is 7.66. The zero-order valence-electron chi connectivity index (χ0n) is 15.5. The second-order valence-corrected chi connectivity index (χ2v) is 6.49. The number of aromatic nitrogens is 1. The molecule has 1 amide bonds. The first-order valence-corrected chi connectivity index (χ1v) is 8.62. The van der Waals surface area contributed by atoms with Crippen LogP contribution in [0.15, 0.2) is 48.7 Å². The summed E-state index contributed by atoms with van der Waals surface area (Å²) in [4.78, 5) is 16.1. The van der Waals surface area contributed by atoms with Gasteiger partial charge in [-0.2, -0.15) is 13.2 Å². The van der Waals surface area contributed by atoms with Gasteiger partial charge in [0, 0.05) is 17.3 Å². The normalized spacial score (nSPS) is 12.4. The predicted molar refractivity (Wildman–Crippen MR) is 100 cm³/mol. The summed E-state index contributed by atoms with van der Waals surface area (Å²) in [5, 5.41) is 5.56. The second kappa shape index (κ2) is 8.86. The quantitative estimate of drug-likeness (QED) is 0.606. The molecule has 4 nitrogen and oxygen atoms in total. The molecule has 0 spiro atoms. The van der Waals surface area contributed by atoms with E-state index in [0.29, 0.717) is 24.2 Å². The van der Waals surface area contributed by atoms with Gasteiger partial charge in [0.25, 0.3) is 0 Å². The third-order valence-electron chi connectivity index (χ3n) is 4.13. The minimum atomic E-state index is -4.44. The maximum atomic E-state index is 12.9. The SMILES string of the molecule is C=C(CCC(C)C(=O)Nc1ccc(F)cc1)Nc1ccc(C(F)(F)F)c(C)n1. The van der Waals surface area contributed by atoms with Crippen LogP contribution < -0.4 is 10.6 Å². The number of alkyl halides is 3. The van der Waals surface area contributed by atoms with E-state index < -0.39 is 11.7 Å². The van der Waals surface area contributed by atoms with Crippen molar-refractivity contribution in [2.24, 2.45) is 5.92 Å². The molecular formula is C20H21F4N3O. The molecule has 0 fully saturated rings. The lowest BCUT2D eigenvalue weighted by Crippen LogP contribution is -2.20. The van der Waals surface area contributed by atoms with Crippen LogP contribution in [-0.4, -0.2) is 10.9 Å². The molecule has 1 unspecified atom stereocenters. The maximum Gasteiger partial charge on any atom is 0.418 e. The Bertz CT molecular complexity index is 848. The van der Waals surface area contributed by atoms with Crippen molar-refractivity contribution in [3.05, 3.63) is 65.7 Å². The first-order chi connectivity index (χ1) is 13.1. The Balaban J connectivity index is 1.85. The number of nitrogens with zero attached hydrogens (tertiary/aromatic N) is 1. The molecule has 28 heavy (non-hydrogen) atoms. The monoisotopic (exact) mass is 395 g/mol. The molecule has 150 valence electrons. The lowest BCUT2D eigenvalue weighted by molar-refractivity contribution is -0.138. The largest absolute Gasteiger partial charge is 0.418 e. The Hall–Kier alpha value is -2.90. The third kappa shape index (κ3) is 6.07. The van der Waals surface area contributed by atoms with Crippen molar-refractivity contribution in [2.75, 3.05) is 10.6 Å². The lowest BCUT2D eigenvalue weighted by atomic mass is 10.0. The van der Waals surface area contributed by atoms with Crippen LogP contribution in [0.25, 0.3) is 0 Å².